The fourth-order valence-electron chi connectivity index (χ4n) is 2.20. The number of benzene rings is 2. The van der Waals surface area contributed by atoms with E-state index in [0.717, 1.165) is 5.56 Å². The van der Waals surface area contributed by atoms with Gasteiger partial charge in [-0.1, -0.05) is 12.1 Å². The normalized spacial score (nSPS) is 10.1. The molecular weight excluding hydrogens is 284 g/mol. The standard InChI is InChI=1S/C16H16N2O4/c1-10-7-11(2)15(14(8-10)18(20)21)17-16(19)12-5-4-6-13(9-12)22-3/h4-9H,1-3H3,(H,17,19). The van der Waals surface area contributed by atoms with Crippen LogP contribution in [0, 0.1) is 24.0 Å². The number of nitro benzene ring substituents is 1. The zero-order valence-electron chi connectivity index (χ0n) is 12.5. The predicted molar refractivity (Wildman–Crippen MR) is 83.5 cm³/mol. The molecule has 1 amide bonds. The Bertz CT molecular complexity index is 741. The second-order valence-corrected chi connectivity index (χ2v) is 4.92. The molecule has 0 fully saturated rings. The summed E-state index contributed by atoms with van der Waals surface area (Å²) in [5.74, 6) is 0.122. The molecule has 2 rings (SSSR count). The van der Waals surface area contributed by atoms with E-state index in [0.29, 0.717) is 16.9 Å². The third-order valence-corrected chi connectivity index (χ3v) is 3.23. The molecule has 0 radical (unpaired) electrons. The summed E-state index contributed by atoms with van der Waals surface area (Å²) in [5.41, 5.74) is 1.87. The van der Waals surface area contributed by atoms with E-state index in [1.165, 1.54) is 13.2 Å². The van der Waals surface area contributed by atoms with Crippen molar-refractivity contribution >= 4 is 17.3 Å². The maximum atomic E-state index is 12.3. The number of hydrogen-bond donors (Lipinski definition) is 1. The van der Waals surface area contributed by atoms with E-state index < -0.39 is 10.8 Å². The number of carbonyl (C=O) groups excluding carboxylic acids is 1. The number of nitro groups is 1. The third-order valence-electron chi connectivity index (χ3n) is 3.23. The Morgan fingerprint density at radius 2 is 1.95 bits per heavy atom. The largest absolute Gasteiger partial charge is 0.497 e. The summed E-state index contributed by atoms with van der Waals surface area (Å²) >= 11 is 0. The Hall–Kier alpha value is -2.89. The molecule has 22 heavy (non-hydrogen) atoms. The lowest BCUT2D eigenvalue weighted by molar-refractivity contribution is -0.384. The molecule has 6 heteroatoms. The molecule has 6 nitrogen and oxygen atoms in total. The van der Waals surface area contributed by atoms with Crippen LogP contribution in [0.25, 0.3) is 0 Å². The Morgan fingerprint density at radius 1 is 1.23 bits per heavy atom. The number of nitrogens with zero attached hydrogens (tertiary/aromatic N) is 1. The van der Waals surface area contributed by atoms with Gasteiger partial charge in [-0.2, -0.15) is 0 Å². The first kappa shape index (κ1) is 15.5. The summed E-state index contributed by atoms with van der Waals surface area (Å²) in [4.78, 5) is 23.0. The number of amides is 1. The van der Waals surface area contributed by atoms with Gasteiger partial charge in [0.2, 0.25) is 0 Å². The molecule has 2 aromatic rings. The number of nitrogens with one attached hydrogen (secondary N) is 1. The van der Waals surface area contributed by atoms with Crippen molar-refractivity contribution in [1.29, 1.82) is 0 Å². The summed E-state index contributed by atoms with van der Waals surface area (Å²) in [6.45, 7) is 3.49. The van der Waals surface area contributed by atoms with Crippen LogP contribution in [0.1, 0.15) is 21.5 Å². The molecule has 0 saturated heterocycles. The minimum Gasteiger partial charge on any atom is -0.497 e. The molecule has 0 unspecified atom stereocenters. The highest BCUT2D eigenvalue weighted by Gasteiger charge is 2.19. The van der Waals surface area contributed by atoms with Crippen LogP contribution in [0.5, 0.6) is 5.75 Å². The summed E-state index contributed by atoms with van der Waals surface area (Å²) in [6.07, 6.45) is 0. The van der Waals surface area contributed by atoms with E-state index >= 15 is 0 Å². The van der Waals surface area contributed by atoms with Gasteiger partial charge in [-0.05, 0) is 43.2 Å². The lowest BCUT2D eigenvalue weighted by Crippen LogP contribution is -2.14. The lowest BCUT2D eigenvalue weighted by Gasteiger charge is -2.10. The molecule has 0 aliphatic carbocycles. The molecule has 0 bridgehead atoms. The van der Waals surface area contributed by atoms with Crippen LogP contribution in [0.2, 0.25) is 0 Å². The van der Waals surface area contributed by atoms with Crippen molar-refractivity contribution in [3.63, 3.8) is 0 Å². The van der Waals surface area contributed by atoms with E-state index in [4.69, 9.17) is 4.74 Å². The topological polar surface area (TPSA) is 81.5 Å². The predicted octanol–water partition coefficient (Wildman–Crippen LogP) is 3.47. The minimum absolute atomic E-state index is 0.117. The summed E-state index contributed by atoms with van der Waals surface area (Å²) in [5, 5.41) is 13.8. The monoisotopic (exact) mass is 300 g/mol. The fourth-order valence-corrected chi connectivity index (χ4v) is 2.20. The molecule has 0 aliphatic rings. The van der Waals surface area contributed by atoms with Crippen molar-refractivity contribution in [3.8, 4) is 5.75 Å². The molecule has 1 N–H and O–H groups in total. The van der Waals surface area contributed by atoms with Gasteiger partial charge in [0, 0.05) is 11.6 Å². The van der Waals surface area contributed by atoms with Gasteiger partial charge in [-0.3, -0.25) is 14.9 Å². The first-order valence-corrected chi connectivity index (χ1v) is 6.63. The van der Waals surface area contributed by atoms with Crippen molar-refractivity contribution in [3.05, 3.63) is 63.2 Å². The Balaban J connectivity index is 2.37. The second-order valence-electron chi connectivity index (χ2n) is 4.92. The Labute approximate surface area is 127 Å². The maximum Gasteiger partial charge on any atom is 0.293 e. The van der Waals surface area contributed by atoms with Crippen molar-refractivity contribution < 1.29 is 14.5 Å². The SMILES string of the molecule is COc1cccc(C(=O)Nc2c(C)cc(C)cc2[N+](=O)[O-])c1. The van der Waals surface area contributed by atoms with Gasteiger partial charge in [-0.15, -0.1) is 0 Å². The molecule has 0 spiro atoms. The summed E-state index contributed by atoms with van der Waals surface area (Å²) in [7, 11) is 1.51. The van der Waals surface area contributed by atoms with Gasteiger partial charge in [0.25, 0.3) is 11.6 Å². The van der Waals surface area contributed by atoms with E-state index in [1.807, 2.05) is 0 Å². The summed E-state index contributed by atoms with van der Waals surface area (Å²) in [6, 6.07) is 9.82. The second kappa shape index (κ2) is 6.26. The Morgan fingerprint density at radius 3 is 2.59 bits per heavy atom. The van der Waals surface area contributed by atoms with Crippen molar-refractivity contribution in [2.45, 2.75) is 13.8 Å². The van der Waals surface area contributed by atoms with Crippen LogP contribution in [0.4, 0.5) is 11.4 Å². The van der Waals surface area contributed by atoms with Crippen molar-refractivity contribution in [1.82, 2.24) is 0 Å². The van der Waals surface area contributed by atoms with E-state index in [-0.39, 0.29) is 11.4 Å². The van der Waals surface area contributed by atoms with Crippen LogP contribution in [0.15, 0.2) is 36.4 Å². The number of aryl methyl sites for hydroxylation is 2. The number of carbonyl (C=O) groups is 1. The highest BCUT2D eigenvalue weighted by atomic mass is 16.6. The maximum absolute atomic E-state index is 12.3. The summed E-state index contributed by atoms with van der Waals surface area (Å²) < 4.78 is 5.07. The number of hydrogen-bond acceptors (Lipinski definition) is 4. The molecule has 0 atom stereocenters. The smallest absolute Gasteiger partial charge is 0.293 e. The van der Waals surface area contributed by atoms with Gasteiger partial charge in [0.05, 0.1) is 12.0 Å². The minimum atomic E-state index is -0.499. The average molecular weight is 300 g/mol. The van der Waals surface area contributed by atoms with Crippen LogP contribution in [0.3, 0.4) is 0 Å². The number of ether oxygens (including phenoxy) is 1. The molecule has 2 aromatic carbocycles. The van der Waals surface area contributed by atoms with E-state index in [9.17, 15) is 14.9 Å². The van der Waals surface area contributed by atoms with E-state index in [2.05, 4.69) is 5.32 Å². The highest BCUT2D eigenvalue weighted by Crippen LogP contribution is 2.30. The first-order chi connectivity index (χ1) is 10.4. The average Bonchev–Trinajstić information content (AvgIpc) is 2.49. The van der Waals surface area contributed by atoms with Crippen LogP contribution in [-0.2, 0) is 0 Å². The van der Waals surface area contributed by atoms with Crippen molar-refractivity contribution in [2.24, 2.45) is 0 Å². The van der Waals surface area contributed by atoms with Gasteiger partial charge in [0.15, 0.2) is 0 Å². The number of rotatable bonds is 4. The van der Waals surface area contributed by atoms with Crippen LogP contribution >= 0.6 is 0 Å². The van der Waals surface area contributed by atoms with Gasteiger partial charge in [0.1, 0.15) is 11.4 Å². The van der Waals surface area contributed by atoms with Gasteiger partial charge >= 0.3 is 0 Å². The third kappa shape index (κ3) is 3.22. The highest BCUT2D eigenvalue weighted by molar-refractivity contribution is 6.06. The fraction of sp³-hybridized carbons (Fsp3) is 0.188. The van der Waals surface area contributed by atoms with E-state index in [1.54, 1.807) is 44.2 Å². The number of anilines is 1. The zero-order chi connectivity index (χ0) is 16.3. The Kier molecular flexibility index (Phi) is 4.41. The van der Waals surface area contributed by atoms with Crippen LogP contribution in [-0.4, -0.2) is 17.9 Å². The zero-order valence-corrected chi connectivity index (χ0v) is 12.5. The molecule has 0 heterocycles. The molecule has 114 valence electrons. The molecular formula is C16H16N2O4. The molecule has 0 aromatic heterocycles. The van der Waals surface area contributed by atoms with Crippen molar-refractivity contribution in [2.75, 3.05) is 12.4 Å². The lowest BCUT2D eigenvalue weighted by atomic mass is 10.1. The first-order valence-electron chi connectivity index (χ1n) is 6.63. The number of methoxy groups -OCH3 is 1. The molecule has 0 saturated carbocycles. The van der Waals surface area contributed by atoms with Gasteiger partial charge < -0.3 is 10.1 Å². The van der Waals surface area contributed by atoms with Gasteiger partial charge in [-0.25, -0.2) is 0 Å². The molecule has 0 aliphatic heterocycles. The van der Waals surface area contributed by atoms with Crippen LogP contribution < -0.4 is 10.1 Å². The quantitative estimate of drug-likeness (QED) is 0.692.